The molecule has 1 aromatic rings. The first kappa shape index (κ1) is 11.2. The van der Waals surface area contributed by atoms with Crippen molar-refractivity contribution in [1.29, 1.82) is 0 Å². The average molecular weight is 204 g/mol. The van der Waals surface area contributed by atoms with Crippen LogP contribution >= 0.6 is 0 Å². The molecular formula is C12H12O3. The third-order valence-electron chi connectivity index (χ3n) is 2.04. The van der Waals surface area contributed by atoms with Gasteiger partial charge in [-0.1, -0.05) is 17.7 Å². The zero-order chi connectivity index (χ0) is 11.4. The third-order valence-corrected chi connectivity index (χ3v) is 2.04. The number of rotatable bonds is 3. The predicted molar refractivity (Wildman–Crippen MR) is 57.0 cm³/mol. The summed E-state index contributed by atoms with van der Waals surface area (Å²) in [6.07, 6.45) is 1.92. The maximum Gasteiger partial charge on any atom is 0.328 e. The highest BCUT2D eigenvalue weighted by Crippen LogP contribution is 2.11. The van der Waals surface area contributed by atoms with Crippen molar-refractivity contribution >= 4 is 11.8 Å². The molecule has 0 radical (unpaired) electrons. The third kappa shape index (κ3) is 3.06. The molecule has 0 heterocycles. The number of aryl methyl sites for hydroxylation is 2. The molecule has 0 aliphatic carbocycles. The summed E-state index contributed by atoms with van der Waals surface area (Å²) in [5.74, 6) is -1.40. The lowest BCUT2D eigenvalue weighted by atomic mass is 10.0. The van der Waals surface area contributed by atoms with E-state index in [4.69, 9.17) is 5.11 Å². The molecule has 0 atom stereocenters. The highest BCUT2D eigenvalue weighted by atomic mass is 16.4. The predicted octanol–water partition coefficient (Wildman–Crippen LogP) is 2.13. The van der Waals surface area contributed by atoms with E-state index in [1.54, 1.807) is 6.07 Å². The van der Waals surface area contributed by atoms with Crippen LogP contribution in [0.25, 0.3) is 0 Å². The van der Waals surface area contributed by atoms with Gasteiger partial charge in [-0.15, -0.1) is 0 Å². The van der Waals surface area contributed by atoms with Crippen LogP contribution in [0.3, 0.4) is 0 Å². The Kier molecular flexibility index (Phi) is 3.39. The maximum atomic E-state index is 11.6. The lowest BCUT2D eigenvalue weighted by Gasteiger charge is -2.02. The number of hydrogen-bond donors (Lipinski definition) is 1. The molecular weight excluding hydrogens is 192 g/mol. The molecule has 0 aliphatic rings. The molecule has 0 amide bonds. The average Bonchev–Trinajstić information content (AvgIpc) is 2.18. The molecule has 0 fully saturated rings. The van der Waals surface area contributed by atoms with E-state index in [2.05, 4.69) is 0 Å². The van der Waals surface area contributed by atoms with E-state index < -0.39 is 5.97 Å². The normalized spacial score (nSPS) is 10.5. The topological polar surface area (TPSA) is 54.4 Å². The van der Waals surface area contributed by atoms with Gasteiger partial charge >= 0.3 is 5.97 Å². The Hall–Kier alpha value is -1.90. The fourth-order valence-electron chi connectivity index (χ4n) is 1.24. The van der Waals surface area contributed by atoms with Gasteiger partial charge in [-0.25, -0.2) is 4.79 Å². The van der Waals surface area contributed by atoms with E-state index in [9.17, 15) is 9.59 Å². The number of carboxylic acid groups (broad SMARTS) is 1. The minimum atomic E-state index is -1.12. The van der Waals surface area contributed by atoms with Gasteiger partial charge in [0.1, 0.15) is 0 Å². The first-order valence-electron chi connectivity index (χ1n) is 4.53. The molecule has 0 bridgehead atoms. The fraction of sp³-hybridized carbons (Fsp3) is 0.167. The molecule has 0 aromatic heterocycles. The summed E-state index contributed by atoms with van der Waals surface area (Å²) < 4.78 is 0. The van der Waals surface area contributed by atoms with Gasteiger partial charge in [0.15, 0.2) is 5.78 Å². The zero-order valence-electron chi connectivity index (χ0n) is 8.65. The van der Waals surface area contributed by atoms with Crippen molar-refractivity contribution in [1.82, 2.24) is 0 Å². The van der Waals surface area contributed by atoms with Crippen LogP contribution in [0.4, 0.5) is 0 Å². The van der Waals surface area contributed by atoms with Crippen molar-refractivity contribution < 1.29 is 14.7 Å². The number of carbonyl (C=O) groups excluding carboxylic acids is 1. The number of aliphatic carboxylic acids is 1. The summed E-state index contributed by atoms with van der Waals surface area (Å²) in [5.41, 5.74) is 2.38. The van der Waals surface area contributed by atoms with Crippen molar-refractivity contribution in [2.24, 2.45) is 0 Å². The second-order valence-electron chi connectivity index (χ2n) is 3.35. The molecule has 3 nitrogen and oxygen atoms in total. The highest BCUT2D eigenvalue weighted by Gasteiger charge is 2.06. The maximum absolute atomic E-state index is 11.6. The highest BCUT2D eigenvalue weighted by molar-refractivity contribution is 6.07. The Morgan fingerprint density at radius 2 is 1.87 bits per heavy atom. The molecule has 0 aliphatic heterocycles. The molecule has 0 spiro atoms. The van der Waals surface area contributed by atoms with Crippen LogP contribution in [-0.4, -0.2) is 16.9 Å². The number of allylic oxidation sites excluding steroid dienone is 1. The van der Waals surface area contributed by atoms with E-state index in [1.165, 1.54) is 0 Å². The number of hydrogen-bond acceptors (Lipinski definition) is 2. The second kappa shape index (κ2) is 4.55. The second-order valence-corrected chi connectivity index (χ2v) is 3.35. The molecule has 78 valence electrons. The Balaban J connectivity index is 3.01. The summed E-state index contributed by atoms with van der Waals surface area (Å²) in [7, 11) is 0. The van der Waals surface area contributed by atoms with Gasteiger partial charge in [-0.05, 0) is 31.6 Å². The van der Waals surface area contributed by atoms with E-state index in [-0.39, 0.29) is 5.78 Å². The number of carbonyl (C=O) groups is 2. The molecule has 0 saturated heterocycles. The van der Waals surface area contributed by atoms with Crippen molar-refractivity contribution in [2.45, 2.75) is 13.8 Å². The van der Waals surface area contributed by atoms with Crippen molar-refractivity contribution in [2.75, 3.05) is 0 Å². The van der Waals surface area contributed by atoms with Gasteiger partial charge in [-0.2, -0.15) is 0 Å². The Bertz CT molecular complexity index is 430. The molecule has 0 unspecified atom stereocenters. The van der Waals surface area contributed by atoms with E-state index in [0.717, 1.165) is 23.3 Å². The van der Waals surface area contributed by atoms with E-state index >= 15 is 0 Å². The molecule has 15 heavy (non-hydrogen) atoms. The van der Waals surface area contributed by atoms with Crippen molar-refractivity contribution in [3.63, 3.8) is 0 Å². The lowest BCUT2D eigenvalue weighted by molar-refractivity contribution is -0.131. The Labute approximate surface area is 88.0 Å². The first-order valence-corrected chi connectivity index (χ1v) is 4.53. The number of carboxylic acids is 1. The fourth-order valence-corrected chi connectivity index (χ4v) is 1.24. The standard InChI is InChI=1S/C12H12O3/c1-8-3-4-9(2)10(7-8)11(13)5-6-12(14)15/h3-7H,1-2H3,(H,14,15)/b6-5-. The smallest absolute Gasteiger partial charge is 0.328 e. The molecule has 1 rings (SSSR count). The minimum Gasteiger partial charge on any atom is -0.478 e. The van der Waals surface area contributed by atoms with Gasteiger partial charge in [-0.3, -0.25) is 4.79 Å². The summed E-state index contributed by atoms with van der Waals surface area (Å²) >= 11 is 0. The Morgan fingerprint density at radius 3 is 2.47 bits per heavy atom. The number of benzene rings is 1. The molecule has 1 aromatic carbocycles. The van der Waals surface area contributed by atoms with Crippen LogP contribution in [0.5, 0.6) is 0 Å². The van der Waals surface area contributed by atoms with Gasteiger partial charge in [0.2, 0.25) is 0 Å². The van der Waals surface area contributed by atoms with Crippen LogP contribution in [-0.2, 0) is 4.79 Å². The van der Waals surface area contributed by atoms with Crippen LogP contribution in [0.2, 0.25) is 0 Å². The van der Waals surface area contributed by atoms with E-state index in [0.29, 0.717) is 5.56 Å². The summed E-state index contributed by atoms with van der Waals surface area (Å²) in [5, 5.41) is 8.39. The molecule has 1 N–H and O–H groups in total. The monoisotopic (exact) mass is 204 g/mol. The summed E-state index contributed by atoms with van der Waals surface area (Å²) in [6, 6.07) is 5.51. The van der Waals surface area contributed by atoms with Gasteiger partial charge in [0, 0.05) is 11.6 Å². The molecule has 0 saturated carbocycles. The van der Waals surface area contributed by atoms with Gasteiger partial charge in [0.25, 0.3) is 0 Å². The Morgan fingerprint density at radius 1 is 1.20 bits per heavy atom. The number of ketones is 1. The minimum absolute atomic E-state index is 0.279. The van der Waals surface area contributed by atoms with Crippen LogP contribution < -0.4 is 0 Å². The van der Waals surface area contributed by atoms with E-state index in [1.807, 2.05) is 26.0 Å². The van der Waals surface area contributed by atoms with Crippen molar-refractivity contribution in [3.05, 3.63) is 47.0 Å². The van der Waals surface area contributed by atoms with Crippen LogP contribution in [0.15, 0.2) is 30.4 Å². The zero-order valence-corrected chi connectivity index (χ0v) is 8.65. The largest absolute Gasteiger partial charge is 0.478 e. The molecule has 3 heteroatoms. The quantitative estimate of drug-likeness (QED) is 0.606. The SMILES string of the molecule is Cc1ccc(C)c(C(=O)/C=C\C(=O)O)c1. The summed E-state index contributed by atoms with van der Waals surface area (Å²) in [4.78, 5) is 21.8. The summed E-state index contributed by atoms with van der Waals surface area (Å²) in [6.45, 7) is 3.71. The lowest BCUT2D eigenvalue weighted by Crippen LogP contribution is -2.00. The van der Waals surface area contributed by atoms with Gasteiger partial charge in [0.05, 0.1) is 0 Å². The van der Waals surface area contributed by atoms with Crippen LogP contribution in [0, 0.1) is 13.8 Å². The van der Waals surface area contributed by atoms with Gasteiger partial charge < -0.3 is 5.11 Å². The van der Waals surface area contributed by atoms with Crippen molar-refractivity contribution in [3.8, 4) is 0 Å². The van der Waals surface area contributed by atoms with Crippen LogP contribution in [0.1, 0.15) is 21.5 Å². The first-order chi connectivity index (χ1) is 7.00.